The highest BCUT2D eigenvalue weighted by atomic mass is 32.2. The van der Waals surface area contributed by atoms with Crippen molar-refractivity contribution in [2.75, 3.05) is 13.2 Å². The van der Waals surface area contributed by atoms with Gasteiger partial charge in [0, 0.05) is 0 Å². The van der Waals surface area contributed by atoms with Gasteiger partial charge in [0.05, 0.1) is 29.2 Å². The maximum absolute atomic E-state index is 13.0. The maximum Gasteiger partial charge on any atom is 0.338 e. The van der Waals surface area contributed by atoms with E-state index >= 15 is 0 Å². The molecule has 29 heavy (non-hydrogen) atoms. The van der Waals surface area contributed by atoms with Crippen LogP contribution in [-0.2, 0) is 14.3 Å². The highest BCUT2D eigenvalue weighted by Crippen LogP contribution is 2.43. The predicted molar refractivity (Wildman–Crippen MR) is 115 cm³/mol. The number of fused-ring (bicyclic) bond motifs is 1. The van der Waals surface area contributed by atoms with E-state index in [1.54, 1.807) is 17.9 Å². The molecule has 1 aromatic rings. The molecule has 1 aromatic carbocycles. The number of thioether (sulfide) groups is 1. The van der Waals surface area contributed by atoms with E-state index in [4.69, 9.17) is 9.47 Å². The van der Waals surface area contributed by atoms with E-state index in [9.17, 15) is 9.59 Å². The summed E-state index contributed by atoms with van der Waals surface area (Å²) in [5.41, 5.74) is 1.79. The van der Waals surface area contributed by atoms with Crippen molar-refractivity contribution in [2.24, 2.45) is 10.9 Å². The molecule has 2 aliphatic rings. The van der Waals surface area contributed by atoms with E-state index in [0.29, 0.717) is 35.4 Å². The predicted octanol–water partition coefficient (Wildman–Crippen LogP) is 4.10. The van der Waals surface area contributed by atoms with Crippen LogP contribution in [-0.4, -0.2) is 40.4 Å². The van der Waals surface area contributed by atoms with Crippen molar-refractivity contribution in [2.45, 2.75) is 39.0 Å². The van der Waals surface area contributed by atoms with Crippen molar-refractivity contribution in [3.63, 3.8) is 0 Å². The van der Waals surface area contributed by atoms with E-state index in [0.717, 1.165) is 5.56 Å². The number of hydrogen-bond donors (Lipinski definition) is 0. The van der Waals surface area contributed by atoms with Gasteiger partial charge < -0.3 is 9.47 Å². The van der Waals surface area contributed by atoms with Crippen molar-refractivity contribution in [1.29, 1.82) is 0 Å². The van der Waals surface area contributed by atoms with Crippen LogP contribution in [0.1, 0.15) is 39.3 Å². The number of carbonyl (C=O) groups excluding carboxylic acids is 2. The summed E-state index contributed by atoms with van der Waals surface area (Å²) in [6.07, 6.45) is 1.67. The molecule has 0 aromatic heterocycles. The van der Waals surface area contributed by atoms with Gasteiger partial charge in [-0.05, 0) is 37.5 Å². The number of ether oxygens (including phenoxy) is 2. The molecule has 6 nitrogen and oxygen atoms in total. The van der Waals surface area contributed by atoms with Gasteiger partial charge in [-0.25, -0.2) is 9.79 Å². The fraction of sp³-hybridized carbons (Fsp3) is 0.409. The van der Waals surface area contributed by atoms with Crippen molar-refractivity contribution < 1.29 is 19.1 Å². The van der Waals surface area contributed by atoms with Crippen molar-refractivity contribution >= 4 is 28.8 Å². The quantitative estimate of drug-likeness (QED) is 0.496. The summed E-state index contributed by atoms with van der Waals surface area (Å²) >= 11 is 1.41. The van der Waals surface area contributed by atoms with Crippen LogP contribution < -0.4 is 4.74 Å². The second-order valence-electron chi connectivity index (χ2n) is 7.43. The summed E-state index contributed by atoms with van der Waals surface area (Å²) < 4.78 is 11.1. The zero-order valence-corrected chi connectivity index (χ0v) is 18.0. The molecule has 1 amide bonds. The number of benzene rings is 1. The summed E-state index contributed by atoms with van der Waals surface area (Å²) in [4.78, 5) is 32.0. The lowest BCUT2D eigenvalue weighted by Gasteiger charge is -2.33. The Morgan fingerprint density at radius 3 is 2.66 bits per heavy atom. The van der Waals surface area contributed by atoms with E-state index in [1.807, 2.05) is 45.0 Å². The van der Waals surface area contributed by atoms with Gasteiger partial charge in [-0.15, -0.1) is 0 Å². The van der Waals surface area contributed by atoms with Crippen LogP contribution in [0.15, 0.2) is 53.2 Å². The van der Waals surface area contributed by atoms with Gasteiger partial charge in [-0.2, -0.15) is 0 Å². The van der Waals surface area contributed by atoms with E-state index < -0.39 is 12.0 Å². The molecule has 0 aliphatic carbocycles. The van der Waals surface area contributed by atoms with E-state index in [-0.39, 0.29) is 17.1 Å². The second-order valence-corrected chi connectivity index (χ2v) is 8.73. The molecule has 0 radical (unpaired) electrons. The van der Waals surface area contributed by atoms with Crippen LogP contribution in [0, 0.1) is 5.92 Å². The first kappa shape index (κ1) is 21.2. The van der Waals surface area contributed by atoms with Gasteiger partial charge in [-0.1, -0.05) is 50.4 Å². The third-order valence-corrected chi connectivity index (χ3v) is 5.64. The van der Waals surface area contributed by atoms with Crippen LogP contribution in [0.25, 0.3) is 0 Å². The summed E-state index contributed by atoms with van der Waals surface area (Å²) in [6, 6.07) is 6.83. The molecule has 2 aliphatic heterocycles. The fourth-order valence-electron chi connectivity index (χ4n) is 3.20. The average molecular weight is 415 g/mol. The zero-order chi connectivity index (χ0) is 21.1. The molecular formula is C22H26N2O4S. The Labute approximate surface area is 175 Å². The first-order chi connectivity index (χ1) is 13.8. The zero-order valence-electron chi connectivity index (χ0n) is 17.2. The Kier molecular flexibility index (Phi) is 6.47. The molecule has 154 valence electrons. The minimum absolute atomic E-state index is 0.0626. The number of carbonyl (C=O) groups is 2. The highest BCUT2D eigenvalue weighted by molar-refractivity contribution is 8.15. The minimum Gasteiger partial charge on any atom is -0.490 e. The lowest BCUT2D eigenvalue weighted by molar-refractivity contribution is -0.141. The van der Waals surface area contributed by atoms with Gasteiger partial charge >= 0.3 is 5.97 Å². The third kappa shape index (κ3) is 4.40. The Morgan fingerprint density at radius 2 is 2.03 bits per heavy atom. The smallest absolute Gasteiger partial charge is 0.338 e. The van der Waals surface area contributed by atoms with Gasteiger partial charge in [0.25, 0.3) is 0 Å². The number of esters is 1. The average Bonchev–Trinajstić information content (AvgIpc) is 2.97. The maximum atomic E-state index is 13.0. The number of hydrogen-bond acceptors (Lipinski definition) is 6. The lowest BCUT2D eigenvalue weighted by atomic mass is 9.94. The Hall–Kier alpha value is -2.54. The summed E-state index contributed by atoms with van der Waals surface area (Å²) in [6.45, 7) is 12.0. The first-order valence-electron chi connectivity index (χ1n) is 9.63. The van der Waals surface area contributed by atoms with Gasteiger partial charge in [-0.3, -0.25) is 9.69 Å². The highest BCUT2D eigenvalue weighted by Gasteiger charge is 2.46. The Bertz CT molecular complexity index is 873. The number of allylic oxidation sites excluding steroid dienone is 1. The summed E-state index contributed by atoms with van der Waals surface area (Å²) in [7, 11) is 0. The molecule has 0 bridgehead atoms. The molecule has 2 unspecified atom stereocenters. The van der Waals surface area contributed by atoms with E-state index in [2.05, 4.69) is 11.6 Å². The van der Waals surface area contributed by atoms with Crippen molar-refractivity contribution in [1.82, 2.24) is 4.90 Å². The van der Waals surface area contributed by atoms with Crippen LogP contribution in [0.3, 0.4) is 0 Å². The lowest BCUT2D eigenvalue weighted by Crippen LogP contribution is -2.40. The molecule has 0 N–H and O–H groups in total. The van der Waals surface area contributed by atoms with Gasteiger partial charge in [0.1, 0.15) is 12.4 Å². The standard InChI is InChI=1S/C22H26N2O4S/c1-6-11-27-17-9-7-16(8-10-17)19-18(21(26)28-12-13(2)3)14(4)23-22-24(19)20(25)15(5)29-22/h6-10,13,15,19H,1,11-12H2,2-5H3. The Morgan fingerprint density at radius 1 is 1.34 bits per heavy atom. The molecule has 2 heterocycles. The van der Waals surface area contributed by atoms with Crippen LogP contribution in [0.2, 0.25) is 0 Å². The fourth-order valence-corrected chi connectivity index (χ4v) is 4.23. The summed E-state index contributed by atoms with van der Waals surface area (Å²) in [5.74, 6) is 0.408. The van der Waals surface area contributed by atoms with Crippen LogP contribution >= 0.6 is 11.8 Å². The van der Waals surface area contributed by atoms with Gasteiger partial charge in [0.2, 0.25) is 5.91 Å². The monoisotopic (exact) mass is 414 g/mol. The largest absolute Gasteiger partial charge is 0.490 e. The molecule has 1 fully saturated rings. The SMILES string of the molecule is C=CCOc1ccc(C2C(C(=O)OCC(C)C)=C(C)N=C3SC(C)C(=O)N32)cc1. The van der Waals surface area contributed by atoms with Crippen LogP contribution in [0.5, 0.6) is 5.75 Å². The number of rotatable bonds is 7. The summed E-state index contributed by atoms with van der Waals surface area (Å²) in [5, 5.41) is 0.377. The Balaban J connectivity index is 2.00. The first-order valence-corrected chi connectivity index (χ1v) is 10.5. The number of amidine groups is 1. The van der Waals surface area contributed by atoms with Crippen molar-refractivity contribution in [3.05, 3.63) is 53.8 Å². The normalized spacial score (nSPS) is 21.2. The number of aliphatic imine (C=N–C) groups is 1. The molecule has 3 rings (SSSR count). The minimum atomic E-state index is -0.569. The molecule has 0 saturated carbocycles. The molecule has 2 atom stereocenters. The molecule has 7 heteroatoms. The topological polar surface area (TPSA) is 68.2 Å². The second kappa shape index (κ2) is 8.86. The molecule has 1 saturated heterocycles. The van der Waals surface area contributed by atoms with Gasteiger partial charge in [0.15, 0.2) is 5.17 Å². The number of nitrogens with zero attached hydrogens (tertiary/aromatic N) is 2. The number of amides is 1. The van der Waals surface area contributed by atoms with E-state index in [1.165, 1.54) is 11.8 Å². The third-order valence-electron chi connectivity index (χ3n) is 4.59. The van der Waals surface area contributed by atoms with Crippen LogP contribution in [0.4, 0.5) is 0 Å². The molecule has 0 spiro atoms. The van der Waals surface area contributed by atoms with Crippen molar-refractivity contribution in [3.8, 4) is 5.75 Å². The molecular weight excluding hydrogens is 388 g/mol.